The second kappa shape index (κ2) is 8.39. The summed E-state index contributed by atoms with van der Waals surface area (Å²) in [6, 6.07) is 14.4. The Hall–Kier alpha value is -2.63. The van der Waals surface area contributed by atoms with Crippen LogP contribution in [-0.2, 0) is 6.42 Å². The summed E-state index contributed by atoms with van der Waals surface area (Å²) < 4.78 is 0. The van der Waals surface area contributed by atoms with Crippen molar-refractivity contribution in [2.24, 2.45) is 0 Å². The number of nitrogens with one attached hydrogen (secondary N) is 1. The van der Waals surface area contributed by atoms with E-state index >= 15 is 0 Å². The van der Waals surface area contributed by atoms with Gasteiger partial charge in [0, 0.05) is 22.7 Å². The maximum Gasteiger partial charge on any atom is 0.258 e. The third-order valence-electron chi connectivity index (χ3n) is 5.05. The quantitative estimate of drug-likeness (QED) is 0.565. The summed E-state index contributed by atoms with van der Waals surface area (Å²) in [5.41, 5.74) is 3.68. The molecule has 0 bridgehead atoms. The summed E-state index contributed by atoms with van der Waals surface area (Å²) in [5, 5.41) is 5.30. The van der Waals surface area contributed by atoms with Gasteiger partial charge < -0.3 is 10.2 Å². The van der Waals surface area contributed by atoms with Gasteiger partial charge in [0.05, 0.1) is 16.3 Å². The zero-order valence-electron chi connectivity index (χ0n) is 16.1. The normalized spacial score (nSPS) is 13.5. The number of halogens is 1. The van der Waals surface area contributed by atoms with Crippen molar-refractivity contribution in [2.75, 3.05) is 16.8 Å². The third kappa shape index (κ3) is 4.21. The van der Waals surface area contributed by atoms with E-state index in [1.807, 2.05) is 29.3 Å². The van der Waals surface area contributed by atoms with E-state index in [9.17, 15) is 9.59 Å². The Morgan fingerprint density at radius 2 is 1.86 bits per heavy atom. The smallest absolute Gasteiger partial charge is 0.258 e. The van der Waals surface area contributed by atoms with Gasteiger partial charge in [0.1, 0.15) is 0 Å². The minimum atomic E-state index is -0.274. The highest BCUT2D eigenvalue weighted by atomic mass is 35.5. The third-order valence-corrected chi connectivity index (χ3v) is 6.33. The van der Waals surface area contributed by atoms with E-state index in [1.165, 1.54) is 4.88 Å². The molecule has 4 rings (SSSR count). The van der Waals surface area contributed by atoms with Gasteiger partial charge in [0.15, 0.2) is 0 Å². The molecule has 3 aromatic rings. The van der Waals surface area contributed by atoms with Crippen molar-refractivity contribution < 1.29 is 9.59 Å². The van der Waals surface area contributed by atoms with Gasteiger partial charge in [0.25, 0.3) is 11.8 Å². The zero-order valence-corrected chi connectivity index (χ0v) is 17.6. The summed E-state index contributed by atoms with van der Waals surface area (Å²) in [7, 11) is 0. The molecule has 1 aliphatic heterocycles. The number of hydrogen-bond donors (Lipinski definition) is 1. The Kier molecular flexibility index (Phi) is 5.69. The number of aryl methyl sites for hydroxylation is 2. The van der Waals surface area contributed by atoms with Crippen molar-refractivity contribution in [2.45, 2.75) is 26.2 Å². The van der Waals surface area contributed by atoms with Gasteiger partial charge in [-0.2, -0.15) is 0 Å². The lowest BCUT2D eigenvalue weighted by Crippen LogP contribution is -2.31. The first-order valence-electron chi connectivity index (χ1n) is 9.59. The molecule has 148 valence electrons. The number of amides is 2. The van der Waals surface area contributed by atoms with E-state index in [1.54, 1.807) is 47.7 Å². The molecule has 29 heavy (non-hydrogen) atoms. The minimum absolute atomic E-state index is 0.00833. The fraction of sp³-hybridized carbons (Fsp3) is 0.217. The fourth-order valence-corrected chi connectivity index (χ4v) is 4.75. The largest absolute Gasteiger partial charge is 0.322 e. The molecule has 0 saturated carbocycles. The van der Waals surface area contributed by atoms with Crippen molar-refractivity contribution in [1.82, 2.24) is 0 Å². The van der Waals surface area contributed by atoms with E-state index in [2.05, 4.69) is 5.32 Å². The highest BCUT2D eigenvalue weighted by molar-refractivity contribution is 7.10. The molecular weight excluding hydrogens is 404 g/mol. The number of hydrogen-bond acceptors (Lipinski definition) is 3. The molecule has 0 saturated heterocycles. The molecular formula is C23H21ClN2O2S. The number of benzene rings is 2. The lowest BCUT2D eigenvalue weighted by atomic mass is 10.1. The van der Waals surface area contributed by atoms with Crippen LogP contribution in [0.25, 0.3) is 0 Å². The summed E-state index contributed by atoms with van der Waals surface area (Å²) >= 11 is 7.89. The molecule has 2 heterocycles. The lowest BCUT2D eigenvalue weighted by Gasteiger charge is -2.21. The molecule has 0 radical (unpaired) electrons. The fourth-order valence-electron chi connectivity index (χ4n) is 3.50. The maximum absolute atomic E-state index is 13.1. The number of fused-ring (bicyclic) bond motifs is 1. The van der Waals surface area contributed by atoms with Gasteiger partial charge in [-0.1, -0.05) is 17.7 Å². The number of nitrogens with zero attached hydrogens (tertiary/aromatic N) is 1. The van der Waals surface area contributed by atoms with Gasteiger partial charge in [-0.05, 0) is 79.6 Å². The minimum Gasteiger partial charge on any atom is -0.322 e. The lowest BCUT2D eigenvalue weighted by molar-refractivity contribution is 0.0986. The number of anilines is 2. The number of carbonyl (C=O) groups is 2. The molecule has 0 unspecified atom stereocenters. The maximum atomic E-state index is 13.1. The van der Waals surface area contributed by atoms with E-state index in [0.717, 1.165) is 37.1 Å². The van der Waals surface area contributed by atoms with Crippen LogP contribution in [-0.4, -0.2) is 18.4 Å². The Morgan fingerprint density at radius 3 is 2.62 bits per heavy atom. The van der Waals surface area contributed by atoms with Crippen LogP contribution in [0.4, 0.5) is 11.4 Å². The molecule has 2 aromatic carbocycles. The van der Waals surface area contributed by atoms with Gasteiger partial charge in [-0.3, -0.25) is 9.59 Å². The number of rotatable bonds is 3. The topological polar surface area (TPSA) is 49.4 Å². The summed E-state index contributed by atoms with van der Waals surface area (Å²) in [5.74, 6) is -0.282. The Morgan fingerprint density at radius 1 is 1.07 bits per heavy atom. The predicted octanol–water partition coefficient (Wildman–Crippen LogP) is 5.95. The van der Waals surface area contributed by atoms with Crippen LogP contribution in [0.1, 0.15) is 44.0 Å². The van der Waals surface area contributed by atoms with E-state index in [0.29, 0.717) is 21.8 Å². The average molecular weight is 425 g/mol. The standard InChI is InChI=1S/C23H21ClN2O2S/c1-15-5-10-18(19(24)14-15)22(27)25-17-8-6-16(7-9-17)23(28)26-12-3-2-4-21-20(26)11-13-29-21/h5-11,13-14H,2-4,12H2,1H3,(H,25,27). The predicted molar refractivity (Wildman–Crippen MR) is 120 cm³/mol. The SMILES string of the molecule is Cc1ccc(C(=O)Nc2ccc(C(=O)N3CCCCc4sccc43)cc2)c(Cl)c1. The van der Waals surface area contributed by atoms with Gasteiger partial charge in [0.2, 0.25) is 0 Å². The monoisotopic (exact) mass is 424 g/mol. The Bertz CT molecular complexity index is 1060. The van der Waals surface area contributed by atoms with E-state index in [-0.39, 0.29) is 11.8 Å². The van der Waals surface area contributed by atoms with Crippen LogP contribution in [0.3, 0.4) is 0 Å². The van der Waals surface area contributed by atoms with Crippen LogP contribution in [0, 0.1) is 6.92 Å². The van der Waals surface area contributed by atoms with Crippen molar-refractivity contribution >= 4 is 46.1 Å². The second-order valence-corrected chi connectivity index (χ2v) is 8.57. The summed E-state index contributed by atoms with van der Waals surface area (Å²) in [4.78, 5) is 28.7. The van der Waals surface area contributed by atoms with Crippen molar-refractivity contribution in [1.29, 1.82) is 0 Å². The average Bonchev–Trinajstić information content (AvgIpc) is 3.07. The number of thiophene rings is 1. The van der Waals surface area contributed by atoms with E-state index < -0.39 is 0 Å². The van der Waals surface area contributed by atoms with Crippen molar-refractivity contribution in [3.63, 3.8) is 0 Å². The van der Waals surface area contributed by atoms with Gasteiger partial charge in [-0.15, -0.1) is 11.3 Å². The Balaban J connectivity index is 1.49. The zero-order chi connectivity index (χ0) is 20.4. The molecule has 0 fully saturated rings. The first kappa shape index (κ1) is 19.7. The molecule has 4 nitrogen and oxygen atoms in total. The summed E-state index contributed by atoms with van der Waals surface area (Å²) in [6.07, 6.45) is 3.13. The van der Waals surface area contributed by atoms with Crippen LogP contribution >= 0.6 is 22.9 Å². The highest BCUT2D eigenvalue weighted by Gasteiger charge is 2.23. The van der Waals surface area contributed by atoms with E-state index in [4.69, 9.17) is 11.6 Å². The van der Waals surface area contributed by atoms with Gasteiger partial charge in [-0.25, -0.2) is 0 Å². The van der Waals surface area contributed by atoms with Crippen molar-refractivity contribution in [3.05, 3.63) is 80.5 Å². The van der Waals surface area contributed by atoms with Crippen LogP contribution < -0.4 is 10.2 Å². The molecule has 1 N–H and O–H groups in total. The molecule has 1 aromatic heterocycles. The second-order valence-electron chi connectivity index (χ2n) is 7.16. The molecule has 1 aliphatic rings. The number of carbonyl (C=O) groups excluding carboxylic acids is 2. The molecule has 0 spiro atoms. The summed E-state index contributed by atoms with van der Waals surface area (Å²) in [6.45, 7) is 2.65. The molecule has 2 amide bonds. The van der Waals surface area contributed by atoms with Crippen LogP contribution in [0.5, 0.6) is 0 Å². The molecule has 0 atom stereocenters. The highest BCUT2D eigenvalue weighted by Crippen LogP contribution is 2.32. The Labute approximate surface area is 179 Å². The first-order valence-corrected chi connectivity index (χ1v) is 10.8. The van der Waals surface area contributed by atoms with Crippen molar-refractivity contribution in [3.8, 4) is 0 Å². The first-order chi connectivity index (χ1) is 14.0. The molecule has 0 aliphatic carbocycles. The van der Waals surface area contributed by atoms with Gasteiger partial charge >= 0.3 is 0 Å². The van der Waals surface area contributed by atoms with Crippen LogP contribution in [0.15, 0.2) is 53.9 Å². The molecule has 6 heteroatoms. The van der Waals surface area contributed by atoms with Crippen LogP contribution in [0.2, 0.25) is 5.02 Å².